The number of anilines is 1. The molecule has 0 aliphatic rings. The van der Waals surface area contributed by atoms with Gasteiger partial charge in [0.2, 0.25) is 10.0 Å². The Labute approximate surface area is 201 Å². The van der Waals surface area contributed by atoms with Crippen molar-refractivity contribution in [2.75, 3.05) is 31.7 Å². The Morgan fingerprint density at radius 1 is 0.941 bits per heavy atom. The highest BCUT2D eigenvalue weighted by Crippen LogP contribution is 2.32. The van der Waals surface area contributed by atoms with E-state index in [1.807, 2.05) is 48.5 Å². The molecule has 3 aromatic carbocycles. The van der Waals surface area contributed by atoms with E-state index in [4.69, 9.17) is 9.47 Å². The molecule has 8 nitrogen and oxygen atoms in total. The van der Waals surface area contributed by atoms with Crippen molar-refractivity contribution in [2.45, 2.75) is 18.6 Å². The topological polar surface area (TPSA) is 117 Å². The fraction of sp³-hybridized carbons (Fsp3) is 0.280. The fourth-order valence-electron chi connectivity index (χ4n) is 3.64. The van der Waals surface area contributed by atoms with Gasteiger partial charge >= 0.3 is 0 Å². The second-order valence-corrected chi connectivity index (χ2v) is 9.68. The summed E-state index contributed by atoms with van der Waals surface area (Å²) in [6, 6.07) is 19.8. The Morgan fingerprint density at radius 3 is 2.26 bits per heavy atom. The molecule has 0 aliphatic carbocycles. The van der Waals surface area contributed by atoms with Gasteiger partial charge in [-0.2, -0.15) is 0 Å². The van der Waals surface area contributed by atoms with E-state index in [9.17, 15) is 18.6 Å². The van der Waals surface area contributed by atoms with Crippen molar-refractivity contribution in [1.82, 2.24) is 5.32 Å². The second kappa shape index (κ2) is 11.2. The Hall–Kier alpha value is -3.27. The number of rotatable bonds is 11. The molecule has 34 heavy (non-hydrogen) atoms. The van der Waals surface area contributed by atoms with Crippen molar-refractivity contribution in [1.29, 1.82) is 0 Å². The van der Waals surface area contributed by atoms with Gasteiger partial charge in [0.25, 0.3) is 0 Å². The maximum Gasteiger partial charge on any atom is 0.229 e. The monoisotopic (exact) mass is 488 g/mol. The summed E-state index contributed by atoms with van der Waals surface area (Å²) in [4.78, 5) is 0. The van der Waals surface area contributed by atoms with Crippen LogP contribution in [0.1, 0.15) is 30.3 Å². The molecule has 3 aromatic rings. The van der Waals surface area contributed by atoms with Crippen LogP contribution in [0.4, 0.5) is 5.69 Å². The lowest BCUT2D eigenvalue weighted by Gasteiger charge is -2.23. The summed E-state index contributed by atoms with van der Waals surface area (Å²) in [6.07, 6.45) is 0.715. The SMILES string of the molecule is COc1ccc([C@H](Cc2ccccc2)NC[C@H](O)c2ccc(O)c(NS(C)(=O)=O)c2)cc1OC.[HH]. The zero-order valence-electron chi connectivity index (χ0n) is 19.4. The van der Waals surface area contributed by atoms with Gasteiger partial charge in [0.1, 0.15) is 5.75 Å². The summed E-state index contributed by atoms with van der Waals surface area (Å²) < 4.78 is 36.2. The smallest absolute Gasteiger partial charge is 0.229 e. The quantitative estimate of drug-likeness (QED) is 0.305. The largest absolute Gasteiger partial charge is 0.506 e. The van der Waals surface area contributed by atoms with E-state index in [1.165, 1.54) is 12.1 Å². The van der Waals surface area contributed by atoms with Crippen LogP contribution in [-0.4, -0.2) is 45.7 Å². The third-order valence-electron chi connectivity index (χ3n) is 5.35. The van der Waals surface area contributed by atoms with Crippen molar-refractivity contribution in [2.24, 2.45) is 0 Å². The third kappa shape index (κ3) is 6.86. The highest BCUT2D eigenvalue weighted by molar-refractivity contribution is 7.92. The maximum absolute atomic E-state index is 11.6. The maximum atomic E-state index is 11.6. The molecule has 0 unspecified atom stereocenters. The molecule has 0 radical (unpaired) electrons. The number of phenols is 1. The van der Waals surface area contributed by atoms with E-state index in [-0.39, 0.29) is 25.5 Å². The lowest BCUT2D eigenvalue weighted by Crippen LogP contribution is -2.28. The minimum Gasteiger partial charge on any atom is -0.506 e. The molecule has 2 atom stereocenters. The normalized spacial score (nSPS) is 13.2. The zero-order chi connectivity index (χ0) is 24.7. The molecule has 0 bridgehead atoms. The molecule has 184 valence electrons. The number of aliphatic hydroxyl groups excluding tert-OH is 1. The van der Waals surface area contributed by atoms with E-state index < -0.39 is 16.1 Å². The Bertz CT molecular complexity index is 1210. The summed E-state index contributed by atoms with van der Waals surface area (Å²) in [5.41, 5.74) is 2.55. The number of aromatic hydroxyl groups is 1. The van der Waals surface area contributed by atoms with Gasteiger partial charge in [-0.25, -0.2) is 8.42 Å². The average molecular weight is 489 g/mol. The Balaban J connectivity index is 0.00000432. The van der Waals surface area contributed by atoms with Crippen LogP contribution in [0.2, 0.25) is 0 Å². The third-order valence-corrected chi connectivity index (χ3v) is 5.94. The number of hydrogen-bond acceptors (Lipinski definition) is 7. The molecular formula is C25H32N2O6S. The molecular weight excluding hydrogens is 456 g/mol. The standard InChI is InChI=1S/C25H30N2O6S.H2/c1-32-24-12-10-18(15-25(24)33-2)20(13-17-7-5-4-6-8-17)26-16-23(29)19-9-11-22(28)21(14-19)27-34(3,30)31;/h4-12,14-15,20,23,26-29H,13,16H2,1-3H3;1H/t20-,23-;/m0./s1. The van der Waals surface area contributed by atoms with Crippen molar-refractivity contribution < 1.29 is 29.5 Å². The van der Waals surface area contributed by atoms with Crippen molar-refractivity contribution >= 4 is 15.7 Å². The molecule has 0 amide bonds. The van der Waals surface area contributed by atoms with Crippen LogP contribution in [0.15, 0.2) is 66.7 Å². The van der Waals surface area contributed by atoms with E-state index in [1.54, 1.807) is 20.3 Å². The number of benzene rings is 3. The minimum atomic E-state index is -3.58. The fourth-order valence-corrected chi connectivity index (χ4v) is 4.20. The number of sulfonamides is 1. The van der Waals surface area contributed by atoms with E-state index in [0.29, 0.717) is 23.5 Å². The van der Waals surface area contributed by atoms with E-state index in [0.717, 1.165) is 17.4 Å². The average Bonchev–Trinajstić information content (AvgIpc) is 2.82. The van der Waals surface area contributed by atoms with E-state index in [2.05, 4.69) is 10.0 Å². The highest BCUT2D eigenvalue weighted by Gasteiger charge is 2.18. The van der Waals surface area contributed by atoms with Crippen LogP contribution in [-0.2, 0) is 16.4 Å². The van der Waals surface area contributed by atoms with Crippen molar-refractivity contribution in [3.05, 3.63) is 83.4 Å². The number of phenolic OH excluding ortho intramolecular Hbond substituents is 1. The van der Waals surface area contributed by atoms with Gasteiger partial charge < -0.3 is 25.0 Å². The van der Waals surface area contributed by atoms with Crippen LogP contribution in [0.3, 0.4) is 0 Å². The first-order chi connectivity index (χ1) is 16.2. The number of methoxy groups -OCH3 is 2. The second-order valence-electron chi connectivity index (χ2n) is 7.93. The van der Waals surface area contributed by atoms with Crippen LogP contribution in [0.5, 0.6) is 17.2 Å². The molecule has 0 aromatic heterocycles. The molecule has 4 N–H and O–H groups in total. The van der Waals surface area contributed by atoms with Gasteiger partial charge in [0, 0.05) is 14.0 Å². The van der Waals surface area contributed by atoms with Crippen LogP contribution >= 0.6 is 0 Å². The van der Waals surface area contributed by atoms with Crippen LogP contribution in [0, 0.1) is 0 Å². The predicted octanol–water partition coefficient (Wildman–Crippen LogP) is 3.63. The predicted molar refractivity (Wildman–Crippen MR) is 134 cm³/mol. The van der Waals surface area contributed by atoms with Gasteiger partial charge in [-0.1, -0.05) is 42.5 Å². The first-order valence-electron chi connectivity index (χ1n) is 10.7. The first-order valence-corrected chi connectivity index (χ1v) is 12.6. The molecule has 0 heterocycles. The lowest BCUT2D eigenvalue weighted by molar-refractivity contribution is 0.169. The minimum absolute atomic E-state index is 0. The van der Waals surface area contributed by atoms with Crippen molar-refractivity contribution in [3.8, 4) is 17.2 Å². The van der Waals surface area contributed by atoms with Gasteiger partial charge in [-0.05, 0) is 47.4 Å². The Morgan fingerprint density at radius 2 is 1.62 bits per heavy atom. The number of aliphatic hydroxyl groups is 1. The summed E-state index contributed by atoms with van der Waals surface area (Å²) in [7, 11) is -0.417. The van der Waals surface area contributed by atoms with Gasteiger partial charge in [-0.3, -0.25) is 4.72 Å². The summed E-state index contributed by atoms with van der Waals surface area (Å²) >= 11 is 0. The molecule has 0 spiro atoms. The lowest BCUT2D eigenvalue weighted by atomic mass is 9.97. The van der Waals surface area contributed by atoms with E-state index >= 15 is 0 Å². The van der Waals surface area contributed by atoms with Gasteiger partial charge in [0.15, 0.2) is 11.5 Å². The molecule has 0 fully saturated rings. The summed E-state index contributed by atoms with van der Waals surface area (Å²) in [5.74, 6) is 1.01. The van der Waals surface area contributed by atoms with Crippen LogP contribution < -0.4 is 19.5 Å². The molecule has 0 saturated heterocycles. The Kier molecular flexibility index (Phi) is 8.38. The molecule has 9 heteroatoms. The van der Waals surface area contributed by atoms with Crippen LogP contribution in [0.25, 0.3) is 0 Å². The highest BCUT2D eigenvalue weighted by atomic mass is 32.2. The van der Waals surface area contributed by atoms with Gasteiger partial charge in [0.05, 0.1) is 32.3 Å². The molecule has 0 saturated carbocycles. The summed E-state index contributed by atoms with van der Waals surface area (Å²) in [6.45, 7) is 0.189. The first kappa shape index (κ1) is 25.4. The summed E-state index contributed by atoms with van der Waals surface area (Å²) in [5, 5.41) is 24.2. The molecule has 0 aliphatic heterocycles. The molecule has 3 rings (SSSR count). The number of ether oxygens (including phenoxy) is 2. The number of hydrogen-bond donors (Lipinski definition) is 4. The van der Waals surface area contributed by atoms with Crippen molar-refractivity contribution in [3.63, 3.8) is 0 Å². The zero-order valence-corrected chi connectivity index (χ0v) is 20.2. The number of nitrogens with one attached hydrogen (secondary N) is 2. The van der Waals surface area contributed by atoms with Gasteiger partial charge in [-0.15, -0.1) is 0 Å².